The number of primary amides is 1. The third-order valence-electron chi connectivity index (χ3n) is 5.70. The second-order valence-corrected chi connectivity index (χ2v) is 7.89. The Bertz CT molecular complexity index is 1280. The summed E-state index contributed by atoms with van der Waals surface area (Å²) < 4.78 is 0. The van der Waals surface area contributed by atoms with E-state index in [-0.39, 0.29) is 11.5 Å². The number of rotatable bonds is 8. The van der Waals surface area contributed by atoms with Crippen LogP contribution in [0.1, 0.15) is 28.8 Å². The van der Waals surface area contributed by atoms with Crippen molar-refractivity contribution < 1.29 is 19.3 Å². The zero-order valence-electron chi connectivity index (χ0n) is 18.0. The normalized spacial score (nSPS) is 13.9. The standard InChI is InChI=1S/C25H20N4O5/c26-23(31)25(13-14-25)24(32)28(20-6-8-21(9-7-20)29(33)34)19-4-2-18(3-5-19)22(30)10-1-17-11-15-27-16-12-17/h1-12,15-16H,13-14H2,(H2,26,31)/b10-1+. The van der Waals surface area contributed by atoms with E-state index >= 15 is 0 Å². The Morgan fingerprint density at radius 2 is 1.50 bits per heavy atom. The van der Waals surface area contributed by atoms with Crippen LogP contribution in [0.3, 0.4) is 0 Å². The van der Waals surface area contributed by atoms with Crippen LogP contribution in [-0.4, -0.2) is 27.5 Å². The number of nitro groups is 1. The van der Waals surface area contributed by atoms with Gasteiger partial charge in [0.15, 0.2) is 5.78 Å². The number of allylic oxidation sites excluding steroid dienone is 1. The summed E-state index contributed by atoms with van der Waals surface area (Å²) in [5, 5.41) is 11.0. The summed E-state index contributed by atoms with van der Waals surface area (Å²) in [5.41, 5.74) is 6.06. The molecule has 3 aromatic rings. The number of ketones is 1. The van der Waals surface area contributed by atoms with Crippen LogP contribution in [0.2, 0.25) is 0 Å². The minimum absolute atomic E-state index is 0.130. The van der Waals surface area contributed by atoms with Crippen molar-refractivity contribution in [3.8, 4) is 0 Å². The van der Waals surface area contributed by atoms with Gasteiger partial charge in [0.1, 0.15) is 5.41 Å². The predicted octanol–water partition coefficient (Wildman–Crippen LogP) is 3.82. The van der Waals surface area contributed by atoms with Gasteiger partial charge in [-0.25, -0.2) is 0 Å². The second kappa shape index (κ2) is 9.07. The van der Waals surface area contributed by atoms with Crippen LogP contribution in [-0.2, 0) is 9.59 Å². The van der Waals surface area contributed by atoms with Crippen molar-refractivity contribution in [1.29, 1.82) is 0 Å². The monoisotopic (exact) mass is 456 g/mol. The first-order chi connectivity index (χ1) is 16.3. The second-order valence-electron chi connectivity index (χ2n) is 7.89. The zero-order chi connectivity index (χ0) is 24.3. The van der Waals surface area contributed by atoms with Crippen molar-refractivity contribution in [3.63, 3.8) is 0 Å². The molecule has 0 spiro atoms. The number of carbonyl (C=O) groups excluding carboxylic acids is 3. The molecule has 0 aliphatic heterocycles. The first-order valence-corrected chi connectivity index (χ1v) is 10.4. The minimum Gasteiger partial charge on any atom is -0.369 e. The number of nitrogens with zero attached hydrogens (tertiary/aromatic N) is 3. The molecule has 4 rings (SSSR count). The maximum atomic E-state index is 13.4. The van der Waals surface area contributed by atoms with Gasteiger partial charge in [-0.1, -0.05) is 6.08 Å². The van der Waals surface area contributed by atoms with Gasteiger partial charge < -0.3 is 5.73 Å². The zero-order valence-corrected chi connectivity index (χ0v) is 18.0. The van der Waals surface area contributed by atoms with Gasteiger partial charge in [0, 0.05) is 41.5 Å². The highest BCUT2D eigenvalue weighted by atomic mass is 16.6. The Morgan fingerprint density at radius 3 is 2.00 bits per heavy atom. The van der Waals surface area contributed by atoms with Crippen molar-refractivity contribution in [2.24, 2.45) is 11.1 Å². The van der Waals surface area contributed by atoms with Gasteiger partial charge in [-0.2, -0.15) is 0 Å². The average molecular weight is 456 g/mol. The Kier molecular flexibility index (Phi) is 6.01. The Labute approximate surface area is 194 Å². The highest BCUT2D eigenvalue weighted by Crippen LogP contribution is 2.49. The van der Waals surface area contributed by atoms with Crippen molar-refractivity contribution in [1.82, 2.24) is 4.98 Å². The van der Waals surface area contributed by atoms with Gasteiger partial charge in [-0.05, 0) is 73.0 Å². The smallest absolute Gasteiger partial charge is 0.269 e. The fourth-order valence-corrected chi connectivity index (χ4v) is 3.53. The molecule has 1 aliphatic carbocycles. The van der Waals surface area contributed by atoms with Gasteiger partial charge >= 0.3 is 0 Å². The van der Waals surface area contributed by atoms with Crippen molar-refractivity contribution >= 4 is 40.7 Å². The number of hydrogen-bond donors (Lipinski definition) is 1. The number of non-ortho nitro benzene ring substituents is 1. The van der Waals surface area contributed by atoms with Crippen LogP contribution in [0.5, 0.6) is 0 Å². The summed E-state index contributed by atoms with van der Waals surface area (Å²) in [6.07, 6.45) is 7.04. The number of benzene rings is 2. The molecule has 2 aromatic carbocycles. The molecule has 0 radical (unpaired) electrons. The summed E-state index contributed by atoms with van der Waals surface area (Å²) in [6.45, 7) is 0. The first-order valence-electron chi connectivity index (χ1n) is 10.4. The number of hydrogen-bond acceptors (Lipinski definition) is 6. The summed E-state index contributed by atoms with van der Waals surface area (Å²) in [5.74, 6) is -1.45. The molecule has 9 nitrogen and oxygen atoms in total. The van der Waals surface area contributed by atoms with Crippen LogP contribution >= 0.6 is 0 Å². The van der Waals surface area contributed by atoms with E-state index in [9.17, 15) is 24.5 Å². The van der Waals surface area contributed by atoms with E-state index in [4.69, 9.17) is 5.73 Å². The van der Waals surface area contributed by atoms with Crippen molar-refractivity contribution in [2.45, 2.75) is 12.8 Å². The van der Waals surface area contributed by atoms with Crippen LogP contribution in [0.25, 0.3) is 6.08 Å². The number of nitro benzene ring substituents is 1. The molecule has 2 N–H and O–H groups in total. The molecule has 0 atom stereocenters. The van der Waals surface area contributed by atoms with E-state index in [1.807, 2.05) is 0 Å². The number of nitrogens with two attached hydrogens (primary N) is 1. The van der Waals surface area contributed by atoms with E-state index in [1.165, 1.54) is 35.2 Å². The highest BCUT2D eigenvalue weighted by molar-refractivity contribution is 6.16. The minimum atomic E-state index is -1.30. The van der Waals surface area contributed by atoms with E-state index in [2.05, 4.69) is 4.98 Å². The molecular formula is C25H20N4O5. The van der Waals surface area contributed by atoms with Gasteiger partial charge in [-0.15, -0.1) is 0 Å². The molecule has 2 amide bonds. The van der Waals surface area contributed by atoms with Gasteiger partial charge in [-0.3, -0.25) is 34.4 Å². The molecule has 1 saturated carbocycles. The van der Waals surface area contributed by atoms with E-state index in [0.717, 1.165) is 5.56 Å². The molecule has 0 bridgehead atoms. The van der Waals surface area contributed by atoms with Crippen LogP contribution < -0.4 is 10.6 Å². The van der Waals surface area contributed by atoms with Gasteiger partial charge in [0.05, 0.1) is 4.92 Å². The maximum absolute atomic E-state index is 13.4. The molecule has 170 valence electrons. The molecule has 1 heterocycles. The molecular weight excluding hydrogens is 436 g/mol. The number of pyridine rings is 1. The summed E-state index contributed by atoms with van der Waals surface area (Å²) in [7, 11) is 0. The van der Waals surface area contributed by atoms with E-state index in [0.29, 0.717) is 29.8 Å². The fourth-order valence-electron chi connectivity index (χ4n) is 3.53. The topological polar surface area (TPSA) is 136 Å². The number of amides is 2. The van der Waals surface area contributed by atoms with Crippen molar-refractivity contribution in [2.75, 3.05) is 4.90 Å². The number of anilines is 2. The molecule has 0 saturated heterocycles. The number of aromatic nitrogens is 1. The lowest BCUT2D eigenvalue weighted by molar-refractivity contribution is -0.384. The Morgan fingerprint density at radius 1 is 0.941 bits per heavy atom. The highest BCUT2D eigenvalue weighted by Gasteiger charge is 2.57. The molecule has 34 heavy (non-hydrogen) atoms. The Hall–Kier alpha value is -4.66. The third-order valence-corrected chi connectivity index (χ3v) is 5.70. The number of carbonyl (C=O) groups is 3. The predicted molar refractivity (Wildman–Crippen MR) is 125 cm³/mol. The van der Waals surface area contributed by atoms with Crippen LogP contribution in [0.15, 0.2) is 79.1 Å². The van der Waals surface area contributed by atoms with Gasteiger partial charge in [0.2, 0.25) is 11.8 Å². The van der Waals surface area contributed by atoms with E-state index < -0.39 is 22.2 Å². The molecule has 1 aromatic heterocycles. The van der Waals surface area contributed by atoms with E-state index in [1.54, 1.807) is 54.9 Å². The first kappa shape index (κ1) is 22.5. The quantitative estimate of drug-likeness (QED) is 0.180. The average Bonchev–Trinajstić information content (AvgIpc) is 3.66. The largest absolute Gasteiger partial charge is 0.369 e. The third kappa shape index (κ3) is 4.44. The van der Waals surface area contributed by atoms with Crippen LogP contribution in [0.4, 0.5) is 17.1 Å². The molecule has 9 heteroatoms. The summed E-state index contributed by atoms with van der Waals surface area (Å²) in [4.78, 5) is 53.6. The van der Waals surface area contributed by atoms with Gasteiger partial charge in [0.25, 0.3) is 5.69 Å². The van der Waals surface area contributed by atoms with Crippen molar-refractivity contribution in [3.05, 3.63) is 100 Å². The SMILES string of the molecule is NC(=O)C1(C(=O)N(c2ccc(C(=O)/C=C/c3ccncc3)cc2)c2ccc([N+](=O)[O-])cc2)CC1. The molecule has 0 unspecified atom stereocenters. The fraction of sp³-hybridized carbons (Fsp3) is 0.120. The lowest BCUT2D eigenvalue weighted by Crippen LogP contribution is -2.41. The van der Waals surface area contributed by atoms with Crippen LogP contribution in [0, 0.1) is 15.5 Å². The maximum Gasteiger partial charge on any atom is 0.269 e. The summed E-state index contributed by atoms with van der Waals surface area (Å²) >= 11 is 0. The Balaban J connectivity index is 1.64. The molecule has 1 aliphatic rings. The summed E-state index contributed by atoms with van der Waals surface area (Å²) in [6, 6.07) is 15.3. The lowest BCUT2D eigenvalue weighted by atomic mass is 10.0. The molecule has 1 fully saturated rings. The lowest BCUT2D eigenvalue weighted by Gasteiger charge is -2.26.